The quantitative estimate of drug-likeness (QED) is 0.263. The summed E-state index contributed by atoms with van der Waals surface area (Å²) in [5.74, 6) is 0.684. The van der Waals surface area contributed by atoms with Gasteiger partial charge in [-0.15, -0.1) is 0 Å². The van der Waals surface area contributed by atoms with Gasteiger partial charge in [0.25, 0.3) is 0 Å². The largest absolute Gasteiger partial charge is 0.457 e. The van der Waals surface area contributed by atoms with Crippen molar-refractivity contribution in [1.82, 2.24) is 5.32 Å². The van der Waals surface area contributed by atoms with Crippen LogP contribution in [0.25, 0.3) is 17.4 Å². The molecule has 2 aromatic carbocycles. The Morgan fingerprint density at radius 2 is 1.79 bits per heavy atom. The van der Waals surface area contributed by atoms with Gasteiger partial charge in [0.15, 0.2) is 5.11 Å². The minimum absolute atomic E-state index is 0.184. The van der Waals surface area contributed by atoms with Crippen LogP contribution in [0.5, 0.6) is 0 Å². The second-order valence-electron chi connectivity index (χ2n) is 7.79. The van der Waals surface area contributed by atoms with Crippen LogP contribution in [0, 0.1) is 0 Å². The van der Waals surface area contributed by atoms with E-state index in [0.717, 1.165) is 37.3 Å². The molecule has 176 valence electrons. The minimum atomic E-state index is -0.387. The number of halogens is 3. The van der Waals surface area contributed by atoms with Crippen molar-refractivity contribution >= 4 is 75.5 Å². The van der Waals surface area contributed by atoms with Gasteiger partial charge in [-0.3, -0.25) is 10.1 Å². The third-order valence-electron chi connectivity index (χ3n) is 5.37. The highest BCUT2D eigenvalue weighted by Gasteiger charge is 2.18. The normalized spacial score (nSPS) is 13.8. The lowest BCUT2D eigenvalue weighted by molar-refractivity contribution is -0.115. The van der Waals surface area contributed by atoms with Crippen molar-refractivity contribution in [2.75, 3.05) is 23.3 Å². The Labute approximate surface area is 218 Å². The zero-order valence-corrected chi connectivity index (χ0v) is 21.2. The van der Waals surface area contributed by atoms with E-state index in [1.165, 1.54) is 12.5 Å². The third-order valence-corrected chi connectivity index (χ3v) is 6.42. The Hall–Kier alpha value is -2.51. The first-order chi connectivity index (χ1) is 16.4. The van der Waals surface area contributed by atoms with Gasteiger partial charge in [-0.25, -0.2) is 0 Å². The first kappa shape index (κ1) is 24.6. The summed E-state index contributed by atoms with van der Waals surface area (Å²) < 4.78 is 5.77. The number of anilines is 2. The smallest absolute Gasteiger partial charge is 0.250 e. The monoisotopic (exact) mass is 533 g/mol. The maximum Gasteiger partial charge on any atom is 0.250 e. The lowest BCUT2D eigenvalue weighted by Gasteiger charge is -2.31. The Bertz CT molecular complexity index is 1240. The van der Waals surface area contributed by atoms with Gasteiger partial charge in [0, 0.05) is 29.8 Å². The zero-order valence-electron chi connectivity index (χ0n) is 18.1. The molecule has 1 fully saturated rings. The Kier molecular flexibility index (Phi) is 8.16. The molecular formula is C25H22Cl3N3O2S. The van der Waals surface area contributed by atoms with Crippen molar-refractivity contribution in [3.63, 3.8) is 0 Å². The van der Waals surface area contributed by atoms with Crippen LogP contribution in [0.1, 0.15) is 25.0 Å². The summed E-state index contributed by atoms with van der Waals surface area (Å²) >= 11 is 24.0. The number of para-hydroxylation sites is 1. The third kappa shape index (κ3) is 6.13. The number of nitrogens with zero attached hydrogens (tertiary/aromatic N) is 1. The van der Waals surface area contributed by atoms with E-state index < -0.39 is 0 Å². The Balaban J connectivity index is 1.38. The van der Waals surface area contributed by atoms with Gasteiger partial charge in [0.1, 0.15) is 11.5 Å². The zero-order chi connectivity index (χ0) is 24.1. The molecule has 1 amide bonds. The molecule has 0 radical (unpaired) electrons. The molecule has 0 spiro atoms. The highest BCUT2D eigenvalue weighted by Crippen LogP contribution is 2.35. The molecule has 1 aromatic heterocycles. The van der Waals surface area contributed by atoms with E-state index >= 15 is 0 Å². The summed E-state index contributed by atoms with van der Waals surface area (Å²) in [6, 6.07) is 14.3. The molecule has 2 N–H and O–H groups in total. The van der Waals surface area contributed by atoms with Gasteiger partial charge >= 0.3 is 0 Å². The average molecular weight is 535 g/mol. The van der Waals surface area contributed by atoms with Crippen molar-refractivity contribution < 1.29 is 9.21 Å². The molecule has 1 aliphatic rings. The van der Waals surface area contributed by atoms with Gasteiger partial charge in [-0.1, -0.05) is 40.9 Å². The van der Waals surface area contributed by atoms with Gasteiger partial charge < -0.3 is 14.6 Å². The van der Waals surface area contributed by atoms with Crippen LogP contribution in [0.4, 0.5) is 11.4 Å². The number of benzene rings is 2. The molecule has 9 heteroatoms. The fourth-order valence-electron chi connectivity index (χ4n) is 3.80. The number of piperidine rings is 1. The van der Waals surface area contributed by atoms with E-state index in [2.05, 4.69) is 15.5 Å². The van der Waals surface area contributed by atoms with E-state index in [1.807, 2.05) is 18.2 Å². The van der Waals surface area contributed by atoms with Crippen LogP contribution in [0.2, 0.25) is 15.1 Å². The molecule has 4 rings (SSSR count). The molecule has 1 aliphatic heterocycles. The van der Waals surface area contributed by atoms with Crippen molar-refractivity contribution in [3.05, 3.63) is 75.4 Å². The van der Waals surface area contributed by atoms with Crippen LogP contribution < -0.4 is 15.5 Å². The fraction of sp³-hybridized carbons (Fsp3) is 0.200. The molecular weight excluding hydrogens is 513 g/mol. The van der Waals surface area contributed by atoms with Crippen LogP contribution in [-0.4, -0.2) is 24.1 Å². The maximum atomic E-state index is 12.4. The highest BCUT2D eigenvalue weighted by molar-refractivity contribution is 7.80. The van der Waals surface area contributed by atoms with Gasteiger partial charge in [0.2, 0.25) is 5.91 Å². The number of thiocarbonyl (C=S) groups is 1. The van der Waals surface area contributed by atoms with E-state index in [-0.39, 0.29) is 11.0 Å². The van der Waals surface area contributed by atoms with Crippen molar-refractivity contribution in [2.45, 2.75) is 19.3 Å². The van der Waals surface area contributed by atoms with Gasteiger partial charge in [-0.05, 0) is 80.0 Å². The Morgan fingerprint density at radius 3 is 2.56 bits per heavy atom. The summed E-state index contributed by atoms with van der Waals surface area (Å²) in [4.78, 5) is 14.6. The molecule has 1 saturated heterocycles. The Morgan fingerprint density at radius 1 is 1.00 bits per heavy atom. The van der Waals surface area contributed by atoms with Gasteiger partial charge in [-0.2, -0.15) is 0 Å². The molecule has 0 bridgehead atoms. The first-order valence-corrected chi connectivity index (χ1v) is 12.3. The molecule has 0 saturated carbocycles. The average Bonchev–Trinajstić information content (AvgIpc) is 3.27. The lowest BCUT2D eigenvalue weighted by Crippen LogP contribution is -2.34. The minimum Gasteiger partial charge on any atom is -0.457 e. The number of hydrogen-bond donors (Lipinski definition) is 2. The second kappa shape index (κ2) is 11.3. The molecule has 0 unspecified atom stereocenters. The van der Waals surface area contributed by atoms with Crippen LogP contribution in [0.3, 0.4) is 0 Å². The van der Waals surface area contributed by atoms with Crippen molar-refractivity contribution in [1.29, 1.82) is 0 Å². The number of carbonyl (C=O) groups is 1. The SMILES string of the molecule is O=C(/C=C/c1ccc(-c2ccc(Cl)cc2Cl)o1)NC(=S)Nc1cccc(Cl)c1N1CCCCC1. The maximum absolute atomic E-state index is 12.4. The number of amides is 1. The van der Waals surface area contributed by atoms with Crippen LogP contribution >= 0.6 is 47.0 Å². The summed E-state index contributed by atoms with van der Waals surface area (Å²) in [6.45, 7) is 1.87. The molecule has 0 atom stereocenters. The van der Waals surface area contributed by atoms with E-state index in [1.54, 1.807) is 36.4 Å². The van der Waals surface area contributed by atoms with E-state index in [4.69, 9.17) is 51.4 Å². The van der Waals surface area contributed by atoms with Gasteiger partial charge in [0.05, 0.1) is 21.4 Å². The predicted octanol–water partition coefficient (Wildman–Crippen LogP) is 7.42. The molecule has 2 heterocycles. The first-order valence-electron chi connectivity index (χ1n) is 10.8. The van der Waals surface area contributed by atoms with Crippen LogP contribution in [0.15, 0.2) is 59.0 Å². The van der Waals surface area contributed by atoms with Crippen molar-refractivity contribution in [2.24, 2.45) is 0 Å². The number of furan rings is 1. The van der Waals surface area contributed by atoms with E-state index in [0.29, 0.717) is 32.2 Å². The summed E-state index contributed by atoms with van der Waals surface area (Å²) in [5.41, 5.74) is 2.38. The highest BCUT2D eigenvalue weighted by atomic mass is 35.5. The van der Waals surface area contributed by atoms with Crippen molar-refractivity contribution in [3.8, 4) is 11.3 Å². The lowest BCUT2D eigenvalue weighted by atomic mass is 10.1. The predicted molar refractivity (Wildman–Crippen MR) is 145 cm³/mol. The molecule has 3 aromatic rings. The van der Waals surface area contributed by atoms with Crippen LogP contribution in [-0.2, 0) is 4.79 Å². The standard InChI is InChI=1S/C25H22Cl3N3O2S/c26-16-7-10-18(20(28)15-16)22-11-8-17(33-22)9-12-23(32)30-25(34)29-21-6-4-5-19(27)24(21)31-13-2-1-3-14-31/h4-12,15H,1-3,13-14H2,(H2,29,30,32,34)/b12-9+. The molecule has 5 nitrogen and oxygen atoms in total. The number of rotatable bonds is 5. The number of carbonyl (C=O) groups excluding carboxylic acids is 1. The molecule has 34 heavy (non-hydrogen) atoms. The second-order valence-corrected chi connectivity index (χ2v) is 9.45. The number of nitrogens with one attached hydrogen (secondary N) is 2. The van der Waals surface area contributed by atoms with E-state index in [9.17, 15) is 4.79 Å². The molecule has 0 aliphatic carbocycles. The summed E-state index contributed by atoms with van der Waals surface area (Å²) in [6.07, 6.45) is 6.37. The number of hydrogen-bond acceptors (Lipinski definition) is 4. The summed E-state index contributed by atoms with van der Waals surface area (Å²) in [7, 11) is 0. The fourth-order valence-corrected chi connectivity index (χ4v) is 4.80. The topological polar surface area (TPSA) is 57.5 Å². The summed E-state index contributed by atoms with van der Waals surface area (Å²) in [5, 5.41) is 7.62.